The average molecular weight is 325 g/mol. The second kappa shape index (κ2) is 5.81. The van der Waals surface area contributed by atoms with Gasteiger partial charge in [-0.05, 0) is 48.1 Å². The van der Waals surface area contributed by atoms with Gasteiger partial charge in [-0.1, -0.05) is 24.4 Å². The molecule has 21 heavy (non-hydrogen) atoms. The van der Waals surface area contributed by atoms with Gasteiger partial charge in [0.2, 0.25) is 0 Å². The summed E-state index contributed by atoms with van der Waals surface area (Å²) >= 11 is 7.70. The van der Waals surface area contributed by atoms with Crippen LogP contribution in [-0.4, -0.2) is 9.55 Å². The zero-order valence-corrected chi connectivity index (χ0v) is 13.3. The van der Waals surface area contributed by atoms with Crippen LogP contribution in [0.5, 0.6) is 0 Å². The fourth-order valence-corrected chi connectivity index (χ4v) is 4.18. The smallest absolute Gasteiger partial charge is 0.297 e. The van der Waals surface area contributed by atoms with Crippen LogP contribution in [0.4, 0.5) is 0 Å². The highest BCUT2D eigenvalue weighted by molar-refractivity contribution is 7.07. The Morgan fingerprint density at radius 1 is 1.38 bits per heavy atom. The highest BCUT2D eigenvalue weighted by Gasteiger charge is 2.26. The van der Waals surface area contributed by atoms with Gasteiger partial charge in [-0.15, -0.1) is 0 Å². The van der Waals surface area contributed by atoms with Gasteiger partial charge in [0.15, 0.2) is 0 Å². The molecule has 1 aliphatic rings. The topological polar surface area (TPSA) is 54.9 Å². The quantitative estimate of drug-likeness (QED) is 0.878. The molecular formula is C15H17ClN2O2S. The van der Waals surface area contributed by atoms with Crippen molar-refractivity contribution in [2.75, 3.05) is 0 Å². The van der Waals surface area contributed by atoms with Crippen LogP contribution in [0.1, 0.15) is 55.7 Å². The lowest BCUT2D eigenvalue weighted by Gasteiger charge is -2.17. The first-order chi connectivity index (χ1) is 10.1. The van der Waals surface area contributed by atoms with E-state index in [1.165, 1.54) is 4.57 Å². The molecule has 4 nitrogen and oxygen atoms in total. The van der Waals surface area contributed by atoms with Crippen LogP contribution in [0.15, 0.2) is 26.4 Å². The maximum absolute atomic E-state index is 12.8. The van der Waals surface area contributed by atoms with Crippen molar-refractivity contribution in [2.24, 2.45) is 0 Å². The van der Waals surface area contributed by atoms with Crippen LogP contribution in [0.25, 0.3) is 0 Å². The molecule has 1 aliphatic carbocycles. The third-order valence-electron chi connectivity index (χ3n) is 4.30. The number of rotatable bonds is 3. The van der Waals surface area contributed by atoms with Crippen LogP contribution in [0, 0.1) is 0 Å². The fourth-order valence-electron chi connectivity index (χ4n) is 3.12. The van der Waals surface area contributed by atoms with Gasteiger partial charge in [0.05, 0.1) is 11.6 Å². The number of aromatic nitrogens is 2. The van der Waals surface area contributed by atoms with Crippen LogP contribution in [0.2, 0.25) is 5.15 Å². The summed E-state index contributed by atoms with van der Waals surface area (Å²) in [5.41, 5.74) is 0.864. The molecule has 0 aromatic carbocycles. The highest BCUT2D eigenvalue weighted by atomic mass is 35.5. The van der Waals surface area contributed by atoms with E-state index in [2.05, 4.69) is 4.98 Å². The summed E-state index contributed by atoms with van der Waals surface area (Å²) in [6.07, 6.45) is 4.15. The predicted octanol–water partition coefficient (Wildman–Crippen LogP) is 3.52. The third kappa shape index (κ3) is 2.60. The minimum absolute atomic E-state index is 0.169. The first kappa shape index (κ1) is 14.6. The van der Waals surface area contributed by atoms with Gasteiger partial charge in [0.1, 0.15) is 5.15 Å². The molecule has 0 radical (unpaired) electrons. The minimum atomic E-state index is -0.439. The Morgan fingerprint density at radius 2 is 2.10 bits per heavy atom. The van der Waals surface area contributed by atoms with Crippen LogP contribution < -0.4 is 11.2 Å². The van der Waals surface area contributed by atoms with Crippen molar-refractivity contribution in [1.82, 2.24) is 9.55 Å². The maximum Gasteiger partial charge on any atom is 0.330 e. The molecule has 3 rings (SSSR count). The zero-order chi connectivity index (χ0) is 15.0. The minimum Gasteiger partial charge on any atom is -0.297 e. The van der Waals surface area contributed by atoms with E-state index in [1.54, 1.807) is 11.3 Å². The van der Waals surface area contributed by atoms with Crippen molar-refractivity contribution in [1.29, 1.82) is 0 Å². The van der Waals surface area contributed by atoms with Crippen molar-refractivity contribution in [3.8, 4) is 0 Å². The number of aromatic amines is 1. The molecule has 1 N–H and O–H groups in total. The molecule has 0 saturated heterocycles. The van der Waals surface area contributed by atoms with Gasteiger partial charge in [-0.2, -0.15) is 11.3 Å². The monoisotopic (exact) mass is 324 g/mol. The SMILES string of the molecule is CC(c1ccsc1)n1c(=O)[nH]c(Cl)c(C2CCCC2)c1=O. The summed E-state index contributed by atoms with van der Waals surface area (Å²) < 4.78 is 1.29. The van der Waals surface area contributed by atoms with Crippen molar-refractivity contribution in [3.63, 3.8) is 0 Å². The van der Waals surface area contributed by atoms with Gasteiger partial charge < -0.3 is 0 Å². The largest absolute Gasteiger partial charge is 0.330 e. The lowest BCUT2D eigenvalue weighted by atomic mass is 10.0. The van der Waals surface area contributed by atoms with Gasteiger partial charge in [-0.3, -0.25) is 14.3 Å². The van der Waals surface area contributed by atoms with Gasteiger partial charge in [-0.25, -0.2) is 4.79 Å². The van der Waals surface area contributed by atoms with E-state index in [0.717, 1.165) is 31.2 Å². The number of halogens is 1. The Hall–Kier alpha value is -1.33. The number of nitrogens with zero attached hydrogens (tertiary/aromatic N) is 1. The Labute approximate surface area is 131 Å². The lowest BCUT2D eigenvalue weighted by molar-refractivity contribution is 0.560. The van der Waals surface area contributed by atoms with Crippen molar-refractivity contribution < 1.29 is 0 Å². The van der Waals surface area contributed by atoms with E-state index in [4.69, 9.17) is 11.6 Å². The molecule has 0 amide bonds. The summed E-state index contributed by atoms with van der Waals surface area (Å²) in [6, 6.07) is 1.65. The first-order valence-corrected chi connectivity index (χ1v) is 8.48. The highest BCUT2D eigenvalue weighted by Crippen LogP contribution is 2.34. The van der Waals surface area contributed by atoms with E-state index in [1.807, 2.05) is 23.8 Å². The Balaban J connectivity index is 2.15. The van der Waals surface area contributed by atoms with E-state index in [0.29, 0.717) is 5.56 Å². The molecule has 1 atom stereocenters. The molecule has 112 valence electrons. The lowest BCUT2D eigenvalue weighted by Crippen LogP contribution is -2.40. The summed E-state index contributed by atoms with van der Waals surface area (Å²) in [6.45, 7) is 1.87. The molecule has 6 heteroatoms. The molecule has 0 spiro atoms. The Kier molecular flexibility index (Phi) is 4.04. The molecule has 2 aromatic rings. The second-order valence-corrected chi connectivity index (χ2v) is 6.70. The number of thiophene rings is 1. The zero-order valence-electron chi connectivity index (χ0n) is 11.8. The van der Waals surface area contributed by atoms with E-state index < -0.39 is 5.69 Å². The van der Waals surface area contributed by atoms with Gasteiger partial charge >= 0.3 is 5.69 Å². The Bertz CT molecular complexity index is 742. The number of hydrogen-bond acceptors (Lipinski definition) is 3. The molecule has 1 unspecified atom stereocenters. The molecule has 0 bridgehead atoms. The van der Waals surface area contributed by atoms with E-state index >= 15 is 0 Å². The fraction of sp³-hybridized carbons (Fsp3) is 0.467. The molecule has 2 aromatic heterocycles. The van der Waals surface area contributed by atoms with Gasteiger partial charge in [0, 0.05) is 0 Å². The van der Waals surface area contributed by atoms with E-state index in [-0.39, 0.29) is 22.7 Å². The second-order valence-electron chi connectivity index (χ2n) is 5.55. The third-order valence-corrected chi connectivity index (χ3v) is 5.30. The standard InChI is InChI=1S/C15H17ClN2O2S/c1-9(11-6-7-21-8-11)18-14(19)12(10-4-2-3-5-10)13(16)17-15(18)20/h6-10H,2-5H2,1H3,(H,17,20). The first-order valence-electron chi connectivity index (χ1n) is 7.16. The number of H-pyrrole nitrogens is 1. The predicted molar refractivity (Wildman–Crippen MR) is 85.7 cm³/mol. The van der Waals surface area contributed by atoms with E-state index in [9.17, 15) is 9.59 Å². The molecule has 2 heterocycles. The van der Waals surface area contributed by atoms with Crippen molar-refractivity contribution in [3.05, 3.63) is 53.9 Å². The number of hydrogen-bond donors (Lipinski definition) is 1. The maximum atomic E-state index is 12.8. The van der Waals surface area contributed by atoms with Crippen molar-refractivity contribution >= 4 is 22.9 Å². The summed E-state index contributed by atoms with van der Waals surface area (Å²) in [5, 5.41) is 4.12. The number of nitrogens with one attached hydrogen (secondary N) is 1. The molecular weight excluding hydrogens is 308 g/mol. The van der Waals surface area contributed by atoms with Gasteiger partial charge in [0.25, 0.3) is 5.56 Å². The molecule has 1 fully saturated rings. The van der Waals surface area contributed by atoms with Crippen LogP contribution >= 0.6 is 22.9 Å². The van der Waals surface area contributed by atoms with Crippen molar-refractivity contribution in [2.45, 2.75) is 44.6 Å². The summed E-state index contributed by atoms with van der Waals surface area (Å²) in [4.78, 5) is 27.6. The normalized spacial score (nSPS) is 17.2. The summed E-state index contributed by atoms with van der Waals surface area (Å²) in [7, 11) is 0. The van der Waals surface area contributed by atoms with Crippen LogP contribution in [-0.2, 0) is 0 Å². The summed E-state index contributed by atoms with van der Waals surface area (Å²) in [5.74, 6) is 0.169. The van der Waals surface area contributed by atoms with Crippen LogP contribution in [0.3, 0.4) is 0 Å². The molecule has 0 aliphatic heterocycles. The molecule has 1 saturated carbocycles. The average Bonchev–Trinajstić information content (AvgIpc) is 3.11. The Morgan fingerprint density at radius 3 is 2.71 bits per heavy atom.